The Morgan fingerprint density at radius 2 is 1.95 bits per heavy atom. The summed E-state index contributed by atoms with van der Waals surface area (Å²) in [6, 6.07) is 3.85. The molecule has 0 heterocycles. The Morgan fingerprint density at radius 3 is 2.55 bits per heavy atom. The van der Waals surface area contributed by atoms with Gasteiger partial charge >= 0.3 is 0 Å². The Labute approximate surface area is 128 Å². The standard InChI is InChI=1S/C14H19BrFNO2S/c1-10-2-4-11(5-3-10)9-17-20(18,19)12-6-7-13(15)14(16)8-12/h6-8,10-11,17H,2-5,9H2,1H3. The van der Waals surface area contributed by atoms with E-state index in [9.17, 15) is 12.8 Å². The molecule has 1 aliphatic rings. The van der Waals surface area contributed by atoms with Crippen LogP contribution in [0.5, 0.6) is 0 Å². The largest absolute Gasteiger partial charge is 0.240 e. The van der Waals surface area contributed by atoms with E-state index in [-0.39, 0.29) is 9.37 Å². The van der Waals surface area contributed by atoms with Crippen molar-refractivity contribution in [1.82, 2.24) is 4.72 Å². The van der Waals surface area contributed by atoms with Gasteiger partial charge in [0, 0.05) is 6.54 Å². The molecule has 1 aromatic carbocycles. The van der Waals surface area contributed by atoms with Gasteiger partial charge in [0.1, 0.15) is 5.82 Å². The molecule has 0 unspecified atom stereocenters. The van der Waals surface area contributed by atoms with Crippen molar-refractivity contribution in [1.29, 1.82) is 0 Å². The molecular formula is C14H19BrFNO2S. The van der Waals surface area contributed by atoms with Gasteiger partial charge in [0.05, 0.1) is 9.37 Å². The third kappa shape index (κ3) is 4.02. The van der Waals surface area contributed by atoms with Gasteiger partial charge in [0.2, 0.25) is 10.0 Å². The summed E-state index contributed by atoms with van der Waals surface area (Å²) in [7, 11) is -3.62. The zero-order valence-electron chi connectivity index (χ0n) is 11.4. The van der Waals surface area contributed by atoms with Gasteiger partial charge in [-0.2, -0.15) is 0 Å². The first-order valence-corrected chi connectivity index (χ1v) is 9.11. The summed E-state index contributed by atoms with van der Waals surface area (Å²) in [6.45, 7) is 2.66. The first-order chi connectivity index (χ1) is 9.38. The van der Waals surface area contributed by atoms with Gasteiger partial charge in [-0.25, -0.2) is 17.5 Å². The number of nitrogens with one attached hydrogen (secondary N) is 1. The number of hydrogen-bond donors (Lipinski definition) is 1. The lowest BCUT2D eigenvalue weighted by molar-refractivity contribution is 0.290. The normalized spacial score (nSPS) is 23.8. The highest BCUT2D eigenvalue weighted by Gasteiger charge is 2.21. The lowest BCUT2D eigenvalue weighted by Crippen LogP contribution is -2.31. The monoisotopic (exact) mass is 363 g/mol. The highest BCUT2D eigenvalue weighted by molar-refractivity contribution is 9.10. The summed E-state index contributed by atoms with van der Waals surface area (Å²) < 4.78 is 40.5. The molecule has 1 fully saturated rings. The van der Waals surface area contributed by atoms with Gasteiger partial charge < -0.3 is 0 Å². The summed E-state index contributed by atoms with van der Waals surface area (Å²) >= 11 is 3.01. The lowest BCUT2D eigenvalue weighted by atomic mass is 9.83. The Hall–Kier alpha value is -0.460. The van der Waals surface area contributed by atoms with E-state index in [4.69, 9.17) is 0 Å². The van der Waals surface area contributed by atoms with Gasteiger partial charge in [-0.3, -0.25) is 0 Å². The fraction of sp³-hybridized carbons (Fsp3) is 0.571. The zero-order valence-corrected chi connectivity index (χ0v) is 13.8. The van der Waals surface area contributed by atoms with Crippen LogP contribution in [0, 0.1) is 17.7 Å². The molecule has 1 N–H and O–H groups in total. The Morgan fingerprint density at radius 1 is 1.30 bits per heavy atom. The predicted octanol–water partition coefficient (Wildman–Crippen LogP) is 3.69. The summed E-state index contributed by atoms with van der Waals surface area (Å²) in [5.74, 6) is 0.559. The molecule has 1 saturated carbocycles. The maximum atomic E-state index is 13.4. The van der Waals surface area contributed by atoms with Crippen LogP contribution in [0.15, 0.2) is 27.6 Å². The Kier molecular flexibility index (Phi) is 5.20. The molecule has 2 rings (SSSR count). The maximum absolute atomic E-state index is 13.4. The van der Waals surface area contributed by atoms with E-state index in [0.29, 0.717) is 12.5 Å². The second-order valence-corrected chi connectivity index (χ2v) is 8.18. The minimum absolute atomic E-state index is 0.0256. The van der Waals surface area contributed by atoms with Crippen molar-refractivity contribution >= 4 is 26.0 Å². The van der Waals surface area contributed by atoms with E-state index >= 15 is 0 Å². The minimum atomic E-state index is -3.62. The number of benzene rings is 1. The van der Waals surface area contributed by atoms with Gasteiger partial charge in [-0.1, -0.05) is 19.8 Å². The molecule has 0 atom stereocenters. The topological polar surface area (TPSA) is 46.2 Å². The summed E-state index contributed by atoms with van der Waals surface area (Å²) in [5, 5.41) is 0. The van der Waals surface area contributed by atoms with Crippen LogP contribution in [-0.4, -0.2) is 15.0 Å². The molecule has 0 aromatic heterocycles. The number of rotatable bonds is 4. The van der Waals surface area contributed by atoms with Crippen molar-refractivity contribution in [2.45, 2.75) is 37.5 Å². The first-order valence-electron chi connectivity index (χ1n) is 6.83. The van der Waals surface area contributed by atoms with E-state index < -0.39 is 15.8 Å². The first kappa shape index (κ1) is 15.9. The van der Waals surface area contributed by atoms with Gasteiger partial charge in [0.15, 0.2) is 0 Å². The van der Waals surface area contributed by atoms with Crippen LogP contribution >= 0.6 is 15.9 Å². The smallest absolute Gasteiger partial charge is 0.211 e. The van der Waals surface area contributed by atoms with Gasteiger partial charge in [-0.15, -0.1) is 0 Å². The predicted molar refractivity (Wildman–Crippen MR) is 80.4 cm³/mol. The van der Waals surface area contributed by atoms with Gasteiger partial charge in [0.25, 0.3) is 0 Å². The summed E-state index contributed by atoms with van der Waals surface area (Å²) in [5.41, 5.74) is 0. The average molecular weight is 364 g/mol. The van der Waals surface area contributed by atoms with E-state index in [2.05, 4.69) is 27.6 Å². The SMILES string of the molecule is CC1CCC(CNS(=O)(=O)c2ccc(Br)c(F)c2)CC1. The Balaban J connectivity index is 1.98. The molecule has 0 amide bonds. The molecule has 0 spiro atoms. The molecule has 0 bridgehead atoms. The molecule has 1 aliphatic carbocycles. The quantitative estimate of drug-likeness (QED) is 0.886. The molecular weight excluding hydrogens is 345 g/mol. The van der Waals surface area contributed by atoms with Crippen LogP contribution in [0.4, 0.5) is 4.39 Å². The summed E-state index contributed by atoms with van der Waals surface area (Å²) in [4.78, 5) is -0.0256. The van der Waals surface area contributed by atoms with E-state index in [0.717, 1.165) is 37.7 Å². The third-order valence-corrected chi connectivity index (χ3v) is 5.96. The van der Waals surface area contributed by atoms with E-state index in [1.807, 2.05) is 0 Å². The van der Waals surface area contributed by atoms with Crippen LogP contribution in [0.2, 0.25) is 0 Å². The van der Waals surface area contributed by atoms with Crippen molar-refractivity contribution in [2.75, 3.05) is 6.54 Å². The van der Waals surface area contributed by atoms with Gasteiger partial charge in [-0.05, 0) is 58.8 Å². The highest BCUT2D eigenvalue weighted by atomic mass is 79.9. The molecule has 3 nitrogen and oxygen atoms in total. The van der Waals surface area contributed by atoms with Crippen LogP contribution in [0.25, 0.3) is 0 Å². The molecule has 6 heteroatoms. The zero-order chi connectivity index (χ0) is 14.8. The van der Waals surface area contributed by atoms with Crippen LogP contribution in [0.1, 0.15) is 32.6 Å². The van der Waals surface area contributed by atoms with Crippen LogP contribution < -0.4 is 4.72 Å². The van der Waals surface area contributed by atoms with Crippen molar-refractivity contribution in [3.63, 3.8) is 0 Å². The van der Waals surface area contributed by atoms with E-state index in [1.165, 1.54) is 12.1 Å². The second-order valence-electron chi connectivity index (χ2n) is 5.55. The second kappa shape index (κ2) is 6.54. The van der Waals surface area contributed by atoms with Crippen molar-refractivity contribution in [3.05, 3.63) is 28.5 Å². The average Bonchev–Trinajstić information content (AvgIpc) is 2.41. The van der Waals surface area contributed by atoms with Crippen molar-refractivity contribution in [3.8, 4) is 0 Å². The van der Waals surface area contributed by atoms with Crippen molar-refractivity contribution < 1.29 is 12.8 Å². The lowest BCUT2D eigenvalue weighted by Gasteiger charge is -2.26. The number of halogens is 2. The molecule has 1 aromatic rings. The van der Waals surface area contributed by atoms with Crippen LogP contribution in [0.3, 0.4) is 0 Å². The van der Waals surface area contributed by atoms with Crippen molar-refractivity contribution in [2.24, 2.45) is 11.8 Å². The molecule has 112 valence electrons. The summed E-state index contributed by atoms with van der Waals surface area (Å²) in [6.07, 6.45) is 4.41. The molecule has 0 saturated heterocycles. The Bertz CT molecular complexity index is 569. The minimum Gasteiger partial charge on any atom is -0.211 e. The molecule has 20 heavy (non-hydrogen) atoms. The molecule has 0 radical (unpaired) electrons. The van der Waals surface area contributed by atoms with E-state index in [1.54, 1.807) is 0 Å². The van der Waals surface area contributed by atoms with Crippen LogP contribution in [-0.2, 0) is 10.0 Å². The number of hydrogen-bond acceptors (Lipinski definition) is 2. The highest BCUT2D eigenvalue weighted by Crippen LogP contribution is 2.28. The third-order valence-electron chi connectivity index (χ3n) is 3.90. The fourth-order valence-electron chi connectivity index (χ4n) is 2.49. The maximum Gasteiger partial charge on any atom is 0.240 e. The fourth-order valence-corrected chi connectivity index (χ4v) is 3.86. The molecule has 0 aliphatic heterocycles. The number of sulfonamides is 1.